The third-order valence-corrected chi connectivity index (χ3v) is 5.75. The predicted octanol–water partition coefficient (Wildman–Crippen LogP) is 0.960. The zero-order valence-corrected chi connectivity index (χ0v) is 15.7. The molecule has 0 aromatic carbocycles. The van der Waals surface area contributed by atoms with Crippen LogP contribution < -0.4 is 4.74 Å². The van der Waals surface area contributed by atoms with E-state index in [1.807, 2.05) is 4.90 Å². The molecule has 0 aliphatic carbocycles. The summed E-state index contributed by atoms with van der Waals surface area (Å²) in [4.78, 5) is 33.2. The summed E-state index contributed by atoms with van der Waals surface area (Å²) in [5.41, 5.74) is 0.494. The number of likely N-dealkylation sites (tertiary alicyclic amines) is 2. The lowest BCUT2D eigenvalue weighted by Gasteiger charge is -2.31. The van der Waals surface area contributed by atoms with Gasteiger partial charge in [-0.15, -0.1) is 0 Å². The Labute approximate surface area is 164 Å². The zero-order valence-electron chi connectivity index (χ0n) is 15.7. The Bertz CT molecular complexity index is 787. The summed E-state index contributed by atoms with van der Waals surface area (Å²) in [6.07, 6.45) is 4.11. The minimum Gasteiger partial charge on any atom is -0.472 e. The topological polar surface area (TPSA) is 95.8 Å². The maximum absolute atomic E-state index is 12.9. The lowest BCUT2D eigenvalue weighted by molar-refractivity contribution is -0.135. The highest BCUT2D eigenvalue weighted by Gasteiger charge is 2.41. The molecule has 8 heteroatoms. The van der Waals surface area contributed by atoms with Crippen molar-refractivity contribution in [2.75, 3.05) is 32.8 Å². The third-order valence-electron chi connectivity index (χ3n) is 5.75. The molecule has 4 rings (SSSR count). The van der Waals surface area contributed by atoms with Gasteiger partial charge >= 0.3 is 0 Å². The van der Waals surface area contributed by atoms with Gasteiger partial charge in [0.2, 0.25) is 17.7 Å². The van der Waals surface area contributed by atoms with Crippen LogP contribution in [0.15, 0.2) is 18.3 Å². The SMILES string of the molecule is N#Cc1ccnc(OC2CCN(C(=O)C3CC(=O)N(C4CCOCC4)C3)C2)c1. The molecule has 0 radical (unpaired) electrons. The number of hydrogen-bond acceptors (Lipinski definition) is 6. The zero-order chi connectivity index (χ0) is 19.5. The van der Waals surface area contributed by atoms with E-state index in [-0.39, 0.29) is 29.9 Å². The minimum absolute atomic E-state index is 0.0349. The van der Waals surface area contributed by atoms with Crippen molar-refractivity contribution in [2.24, 2.45) is 5.92 Å². The summed E-state index contributed by atoms with van der Waals surface area (Å²) >= 11 is 0. The van der Waals surface area contributed by atoms with E-state index in [0.29, 0.717) is 57.1 Å². The molecule has 2 amide bonds. The van der Waals surface area contributed by atoms with E-state index >= 15 is 0 Å². The van der Waals surface area contributed by atoms with E-state index in [1.54, 1.807) is 23.2 Å². The summed E-state index contributed by atoms with van der Waals surface area (Å²) in [5, 5.41) is 8.97. The van der Waals surface area contributed by atoms with Crippen molar-refractivity contribution < 1.29 is 19.1 Å². The van der Waals surface area contributed by atoms with Crippen molar-refractivity contribution in [3.05, 3.63) is 23.9 Å². The number of nitriles is 1. The standard InChI is InChI=1S/C20H24N4O4/c21-11-14-1-5-22-18(9-14)28-17-2-6-23(13-17)20(26)15-10-19(25)24(12-15)16-3-7-27-8-4-16/h1,5,9,15-17H,2-4,6-8,10,12-13H2. The van der Waals surface area contributed by atoms with Crippen LogP contribution in [-0.4, -0.2) is 71.6 Å². The number of carbonyl (C=O) groups is 2. The van der Waals surface area contributed by atoms with Crippen LogP contribution in [0.4, 0.5) is 0 Å². The fraction of sp³-hybridized carbons (Fsp3) is 0.600. The van der Waals surface area contributed by atoms with Crippen molar-refractivity contribution in [3.8, 4) is 11.9 Å². The molecule has 3 aliphatic rings. The average molecular weight is 384 g/mol. The second kappa shape index (κ2) is 8.15. The fourth-order valence-corrected chi connectivity index (χ4v) is 4.24. The summed E-state index contributed by atoms with van der Waals surface area (Å²) < 4.78 is 11.2. The van der Waals surface area contributed by atoms with E-state index in [4.69, 9.17) is 14.7 Å². The first-order chi connectivity index (χ1) is 13.6. The maximum Gasteiger partial charge on any atom is 0.228 e. The lowest BCUT2D eigenvalue weighted by Crippen LogP contribution is -2.42. The van der Waals surface area contributed by atoms with E-state index in [0.717, 1.165) is 12.8 Å². The number of carbonyl (C=O) groups excluding carboxylic acids is 2. The molecule has 0 spiro atoms. The Kier molecular flexibility index (Phi) is 5.44. The van der Waals surface area contributed by atoms with Gasteiger partial charge in [-0.25, -0.2) is 4.98 Å². The van der Waals surface area contributed by atoms with Crippen molar-refractivity contribution in [3.63, 3.8) is 0 Å². The summed E-state index contributed by atoms with van der Waals surface area (Å²) in [6.45, 7) is 2.97. The Morgan fingerprint density at radius 2 is 2.11 bits per heavy atom. The van der Waals surface area contributed by atoms with Gasteiger partial charge in [0.05, 0.1) is 24.1 Å². The number of nitrogens with zero attached hydrogens (tertiary/aromatic N) is 4. The monoisotopic (exact) mass is 384 g/mol. The number of rotatable bonds is 4. The highest BCUT2D eigenvalue weighted by molar-refractivity contribution is 5.89. The molecule has 8 nitrogen and oxygen atoms in total. The molecule has 0 bridgehead atoms. The van der Waals surface area contributed by atoms with Gasteiger partial charge in [-0.05, 0) is 18.9 Å². The molecule has 2 atom stereocenters. The van der Waals surface area contributed by atoms with E-state index < -0.39 is 0 Å². The second-order valence-corrected chi connectivity index (χ2v) is 7.60. The van der Waals surface area contributed by atoms with Crippen molar-refractivity contribution >= 4 is 11.8 Å². The molecule has 0 N–H and O–H groups in total. The summed E-state index contributed by atoms with van der Waals surface area (Å²) in [5.74, 6) is 0.247. The Morgan fingerprint density at radius 3 is 2.89 bits per heavy atom. The van der Waals surface area contributed by atoms with Crippen LogP contribution in [-0.2, 0) is 14.3 Å². The fourth-order valence-electron chi connectivity index (χ4n) is 4.24. The highest BCUT2D eigenvalue weighted by atomic mass is 16.5. The van der Waals surface area contributed by atoms with Gasteiger partial charge in [-0.2, -0.15) is 5.26 Å². The van der Waals surface area contributed by atoms with Gasteiger partial charge in [0, 0.05) is 57.4 Å². The molecule has 2 unspecified atom stereocenters. The van der Waals surface area contributed by atoms with Gasteiger partial charge in [0.1, 0.15) is 6.10 Å². The average Bonchev–Trinajstić information content (AvgIpc) is 3.35. The predicted molar refractivity (Wildman–Crippen MR) is 98.2 cm³/mol. The Morgan fingerprint density at radius 1 is 1.29 bits per heavy atom. The Balaban J connectivity index is 1.32. The van der Waals surface area contributed by atoms with Gasteiger partial charge < -0.3 is 19.3 Å². The molecule has 148 valence electrons. The number of pyridine rings is 1. The van der Waals surface area contributed by atoms with Crippen molar-refractivity contribution in [1.82, 2.24) is 14.8 Å². The smallest absolute Gasteiger partial charge is 0.228 e. The number of hydrogen-bond donors (Lipinski definition) is 0. The van der Waals surface area contributed by atoms with Crippen LogP contribution in [0.5, 0.6) is 5.88 Å². The van der Waals surface area contributed by atoms with Gasteiger partial charge in [0.15, 0.2) is 0 Å². The molecular weight excluding hydrogens is 360 g/mol. The van der Waals surface area contributed by atoms with E-state index in [1.165, 1.54) is 0 Å². The van der Waals surface area contributed by atoms with Crippen LogP contribution in [0.3, 0.4) is 0 Å². The Hall–Kier alpha value is -2.66. The molecule has 3 fully saturated rings. The van der Waals surface area contributed by atoms with Gasteiger partial charge in [-0.1, -0.05) is 0 Å². The molecule has 28 heavy (non-hydrogen) atoms. The first-order valence-corrected chi connectivity index (χ1v) is 9.83. The molecule has 1 aromatic heterocycles. The first kappa shape index (κ1) is 18.7. The molecule has 1 aromatic rings. The summed E-state index contributed by atoms with van der Waals surface area (Å²) in [6, 6.07) is 5.49. The van der Waals surface area contributed by atoms with Crippen LogP contribution in [0.25, 0.3) is 0 Å². The van der Waals surface area contributed by atoms with E-state index in [9.17, 15) is 9.59 Å². The van der Waals surface area contributed by atoms with Gasteiger partial charge in [-0.3, -0.25) is 9.59 Å². The quantitative estimate of drug-likeness (QED) is 0.767. The largest absolute Gasteiger partial charge is 0.472 e. The third kappa shape index (κ3) is 3.94. The molecular formula is C20H24N4O4. The number of aromatic nitrogens is 1. The molecule has 3 aliphatic heterocycles. The molecule has 3 saturated heterocycles. The molecule has 4 heterocycles. The number of amides is 2. The van der Waals surface area contributed by atoms with Crippen LogP contribution in [0.2, 0.25) is 0 Å². The highest BCUT2D eigenvalue weighted by Crippen LogP contribution is 2.28. The van der Waals surface area contributed by atoms with Crippen LogP contribution >= 0.6 is 0 Å². The van der Waals surface area contributed by atoms with Crippen LogP contribution in [0.1, 0.15) is 31.2 Å². The van der Waals surface area contributed by atoms with E-state index in [2.05, 4.69) is 11.1 Å². The van der Waals surface area contributed by atoms with Gasteiger partial charge in [0.25, 0.3) is 0 Å². The maximum atomic E-state index is 12.9. The second-order valence-electron chi connectivity index (χ2n) is 7.60. The molecule has 0 saturated carbocycles. The normalized spacial score (nSPS) is 25.8. The summed E-state index contributed by atoms with van der Waals surface area (Å²) in [7, 11) is 0. The van der Waals surface area contributed by atoms with Crippen molar-refractivity contribution in [2.45, 2.75) is 37.8 Å². The number of ether oxygens (including phenoxy) is 2. The first-order valence-electron chi connectivity index (χ1n) is 9.83. The lowest BCUT2D eigenvalue weighted by atomic mass is 10.1. The van der Waals surface area contributed by atoms with Crippen molar-refractivity contribution in [1.29, 1.82) is 5.26 Å². The van der Waals surface area contributed by atoms with Crippen LogP contribution in [0, 0.1) is 17.2 Å². The minimum atomic E-state index is -0.269.